The van der Waals surface area contributed by atoms with Crippen molar-refractivity contribution in [3.8, 4) is 11.4 Å². The highest BCUT2D eigenvalue weighted by molar-refractivity contribution is 8.00. The molecule has 2 aromatic carbocycles. The van der Waals surface area contributed by atoms with Crippen LogP contribution >= 0.6 is 23.4 Å². The van der Waals surface area contributed by atoms with Crippen molar-refractivity contribution >= 4 is 35.0 Å². The Hall–Kier alpha value is -2.72. The van der Waals surface area contributed by atoms with Crippen LogP contribution in [0.5, 0.6) is 0 Å². The van der Waals surface area contributed by atoms with Gasteiger partial charge in [0.1, 0.15) is 0 Å². The van der Waals surface area contributed by atoms with Gasteiger partial charge in [0.25, 0.3) is 0 Å². The fraction of sp³-hybridized carbons (Fsp3) is 0.167. The topological polar surface area (TPSA) is 85.8 Å². The van der Waals surface area contributed by atoms with Gasteiger partial charge >= 0.3 is 6.18 Å². The van der Waals surface area contributed by atoms with Gasteiger partial charge in [-0.1, -0.05) is 53.7 Å². The van der Waals surface area contributed by atoms with E-state index in [0.717, 1.165) is 29.5 Å². The number of aromatic nitrogens is 3. The SMILES string of the molecule is CC(Sc1nnc(-c2ccccc2)n1N)C(=O)Nc1ccc(Cl)cc1C(F)(F)F. The molecule has 6 nitrogen and oxygen atoms in total. The van der Waals surface area contributed by atoms with E-state index in [1.807, 2.05) is 18.2 Å². The molecule has 1 aromatic heterocycles. The first-order chi connectivity index (χ1) is 13.7. The zero-order chi connectivity index (χ0) is 21.2. The number of amides is 1. The normalized spacial score (nSPS) is 12.6. The molecule has 0 aliphatic rings. The van der Waals surface area contributed by atoms with Gasteiger partial charge < -0.3 is 11.2 Å². The van der Waals surface area contributed by atoms with Crippen LogP contribution in [0.2, 0.25) is 5.02 Å². The predicted octanol–water partition coefficient (Wildman–Crippen LogP) is 4.45. The van der Waals surface area contributed by atoms with Crippen molar-refractivity contribution in [2.75, 3.05) is 11.2 Å². The standard InChI is InChI=1S/C18H15ClF3N5OS/c1-10(16(28)24-14-8-7-12(19)9-13(14)18(20,21)22)29-17-26-25-15(27(17)23)11-5-3-2-4-6-11/h2-10H,23H2,1H3,(H,24,28). The van der Waals surface area contributed by atoms with Crippen LogP contribution in [0.3, 0.4) is 0 Å². The average molecular weight is 442 g/mol. The molecule has 1 amide bonds. The average Bonchev–Trinajstić information content (AvgIpc) is 3.03. The number of carbonyl (C=O) groups excluding carboxylic acids is 1. The number of alkyl halides is 3. The molecule has 0 saturated carbocycles. The molecule has 0 bridgehead atoms. The van der Waals surface area contributed by atoms with Gasteiger partial charge in [-0.05, 0) is 25.1 Å². The van der Waals surface area contributed by atoms with Crippen LogP contribution in [0.25, 0.3) is 11.4 Å². The Kier molecular flexibility index (Phi) is 6.04. The summed E-state index contributed by atoms with van der Waals surface area (Å²) in [6, 6.07) is 12.2. The molecular formula is C18H15ClF3N5OS. The number of nitrogens with zero attached hydrogens (tertiary/aromatic N) is 3. The zero-order valence-corrected chi connectivity index (χ0v) is 16.5. The van der Waals surface area contributed by atoms with Crippen LogP contribution < -0.4 is 11.2 Å². The minimum atomic E-state index is -4.66. The van der Waals surface area contributed by atoms with Gasteiger partial charge in [0.2, 0.25) is 11.1 Å². The molecule has 152 valence electrons. The molecule has 1 heterocycles. The van der Waals surface area contributed by atoms with Gasteiger partial charge in [-0.25, -0.2) is 4.68 Å². The van der Waals surface area contributed by atoms with Gasteiger partial charge in [0, 0.05) is 10.6 Å². The van der Waals surface area contributed by atoms with E-state index in [4.69, 9.17) is 17.4 Å². The third kappa shape index (κ3) is 4.83. The number of halogens is 4. The van der Waals surface area contributed by atoms with E-state index in [1.165, 1.54) is 17.7 Å². The summed E-state index contributed by atoms with van der Waals surface area (Å²) in [6.45, 7) is 1.53. The van der Waals surface area contributed by atoms with Gasteiger partial charge in [0.05, 0.1) is 16.5 Å². The molecule has 1 unspecified atom stereocenters. The largest absolute Gasteiger partial charge is 0.418 e. The second-order valence-corrected chi connectivity index (χ2v) is 7.72. The summed E-state index contributed by atoms with van der Waals surface area (Å²) in [6.07, 6.45) is -4.66. The first-order valence-corrected chi connectivity index (χ1v) is 9.52. The lowest BCUT2D eigenvalue weighted by molar-refractivity contribution is -0.137. The monoisotopic (exact) mass is 441 g/mol. The molecule has 11 heteroatoms. The van der Waals surface area contributed by atoms with Crippen LogP contribution in [0.4, 0.5) is 18.9 Å². The summed E-state index contributed by atoms with van der Waals surface area (Å²) in [4.78, 5) is 12.4. The second kappa shape index (κ2) is 8.34. The number of thioether (sulfide) groups is 1. The Bertz CT molecular complexity index is 1030. The molecule has 0 radical (unpaired) electrons. The van der Waals surface area contributed by atoms with Crippen LogP contribution in [0.1, 0.15) is 12.5 Å². The van der Waals surface area contributed by atoms with E-state index in [1.54, 1.807) is 12.1 Å². The first kappa shape index (κ1) is 21.0. The van der Waals surface area contributed by atoms with Crippen LogP contribution in [-0.2, 0) is 11.0 Å². The van der Waals surface area contributed by atoms with Crippen molar-refractivity contribution < 1.29 is 18.0 Å². The minimum absolute atomic E-state index is 0.0811. The predicted molar refractivity (Wildman–Crippen MR) is 106 cm³/mol. The summed E-state index contributed by atoms with van der Waals surface area (Å²) in [5, 5.41) is 9.64. The maximum Gasteiger partial charge on any atom is 0.418 e. The maximum absolute atomic E-state index is 13.2. The van der Waals surface area contributed by atoms with Crippen molar-refractivity contribution in [3.05, 3.63) is 59.1 Å². The number of carbonyl (C=O) groups is 1. The number of rotatable bonds is 5. The Balaban J connectivity index is 1.75. The minimum Gasteiger partial charge on any atom is -0.335 e. The first-order valence-electron chi connectivity index (χ1n) is 8.27. The lowest BCUT2D eigenvalue weighted by Gasteiger charge is -2.16. The van der Waals surface area contributed by atoms with Crippen molar-refractivity contribution in [2.24, 2.45) is 0 Å². The van der Waals surface area contributed by atoms with Crippen LogP contribution in [0, 0.1) is 0 Å². The lowest BCUT2D eigenvalue weighted by atomic mass is 10.1. The fourth-order valence-electron chi connectivity index (χ4n) is 2.45. The fourth-order valence-corrected chi connectivity index (χ4v) is 3.39. The number of nitrogens with two attached hydrogens (primary N) is 1. The second-order valence-electron chi connectivity index (χ2n) is 5.98. The molecule has 3 N–H and O–H groups in total. The highest BCUT2D eigenvalue weighted by Gasteiger charge is 2.34. The number of benzene rings is 2. The van der Waals surface area contributed by atoms with Crippen molar-refractivity contribution in [1.29, 1.82) is 0 Å². The highest BCUT2D eigenvalue weighted by Crippen LogP contribution is 2.37. The molecule has 0 aliphatic heterocycles. The van der Waals surface area contributed by atoms with E-state index < -0.39 is 22.9 Å². The molecular weight excluding hydrogens is 427 g/mol. The Morgan fingerprint density at radius 2 is 1.90 bits per heavy atom. The molecule has 29 heavy (non-hydrogen) atoms. The summed E-state index contributed by atoms with van der Waals surface area (Å²) in [5.74, 6) is 5.76. The van der Waals surface area contributed by atoms with E-state index in [-0.39, 0.29) is 15.9 Å². The van der Waals surface area contributed by atoms with Crippen molar-refractivity contribution in [2.45, 2.75) is 23.5 Å². The molecule has 0 fully saturated rings. The molecule has 3 aromatic rings. The summed E-state index contributed by atoms with van der Waals surface area (Å²) >= 11 is 6.63. The quantitative estimate of drug-likeness (QED) is 0.451. The van der Waals surface area contributed by atoms with Crippen molar-refractivity contribution in [3.63, 3.8) is 0 Å². The molecule has 3 rings (SSSR count). The van der Waals surface area contributed by atoms with E-state index in [2.05, 4.69) is 15.5 Å². The Morgan fingerprint density at radius 1 is 1.21 bits per heavy atom. The van der Waals surface area contributed by atoms with Crippen LogP contribution in [-0.4, -0.2) is 26.0 Å². The van der Waals surface area contributed by atoms with Gasteiger partial charge in [-0.15, -0.1) is 10.2 Å². The van der Waals surface area contributed by atoms with Gasteiger partial charge in [0.15, 0.2) is 5.82 Å². The Morgan fingerprint density at radius 3 is 2.55 bits per heavy atom. The molecule has 0 spiro atoms. The van der Waals surface area contributed by atoms with E-state index >= 15 is 0 Å². The third-order valence-electron chi connectivity index (χ3n) is 3.89. The van der Waals surface area contributed by atoms with Crippen LogP contribution in [0.15, 0.2) is 53.7 Å². The lowest BCUT2D eigenvalue weighted by Crippen LogP contribution is -2.25. The Labute approximate surface area is 173 Å². The highest BCUT2D eigenvalue weighted by atomic mass is 35.5. The number of hydrogen-bond acceptors (Lipinski definition) is 5. The number of anilines is 1. The maximum atomic E-state index is 13.2. The smallest absolute Gasteiger partial charge is 0.335 e. The van der Waals surface area contributed by atoms with E-state index in [9.17, 15) is 18.0 Å². The number of nitrogen functional groups attached to an aromatic ring is 1. The summed E-state index contributed by atoms with van der Waals surface area (Å²) < 4.78 is 40.8. The van der Waals surface area contributed by atoms with Crippen molar-refractivity contribution in [1.82, 2.24) is 14.9 Å². The number of nitrogens with one attached hydrogen (secondary N) is 1. The van der Waals surface area contributed by atoms with E-state index in [0.29, 0.717) is 5.82 Å². The summed E-state index contributed by atoms with van der Waals surface area (Å²) in [5.41, 5.74) is -0.662. The molecule has 0 saturated heterocycles. The number of hydrogen-bond donors (Lipinski definition) is 2. The third-order valence-corrected chi connectivity index (χ3v) is 5.18. The molecule has 1 atom stereocenters. The molecule has 0 aliphatic carbocycles. The summed E-state index contributed by atoms with van der Waals surface area (Å²) in [7, 11) is 0. The zero-order valence-electron chi connectivity index (χ0n) is 14.9. The van der Waals surface area contributed by atoms with Gasteiger partial charge in [-0.2, -0.15) is 13.2 Å². The van der Waals surface area contributed by atoms with Gasteiger partial charge in [-0.3, -0.25) is 4.79 Å².